The smallest absolute Gasteiger partial charge is 0.0716 e. The molecule has 0 aliphatic heterocycles. The highest BCUT2D eigenvalue weighted by molar-refractivity contribution is 7.09. The molecule has 1 heterocycles. The monoisotopic (exact) mass is 275 g/mol. The molecule has 1 atom stereocenters. The first-order valence-corrected chi connectivity index (χ1v) is 7.49. The molecule has 0 saturated carbocycles. The van der Waals surface area contributed by atoms with E-state index in [1.54, 1.807) is 7.11 Å². The summed E-state index contributed by atoms with van der Waals surface area (Å²) in [5, 5.41) is 5.72. The van der Waals surface area contributed by atoms with Crippen molar-refractivity contribution in [3.8, 4) is 0 Å². The van der Waals surface area contributed by atoms with Crippen LogP contribution in [0.25, 0.3) is 0 Å². The molecule has 2 nitrogen and oxygen atoms in total. The normalized spacial score (nSPS) is 12.5. The van der Waals surface area contributed by atoms with Crippen LogP contribution in [0.5, 0.6) is 0 Å². The summed E-state index contributed by atoms with van der Waals surface area (Å²) in [5.41, 5.74) is 2.59. The second-order valence-electron chi connectivity index (χ2n) is 4.77. The molecule has 0 spiro atoms. The van der Waals surface area contributed by atoms with Crippen LogP contribution in [0.2, 0.25) is 0 Å². The Balaban J connectivity index is 1.87. The van der Waals surface area contributed by atoms with E-state index in [1.807, 2.05) is 11.3 Å². The van der Waals surface area contributed by atoms with Gasteiger partial charge in [0.15, 0.2) is 0 Å². The van der Waals surface area contributed by atoms with Crippen LogP contribution in [0.15, 0.2) is 41.8 Å². The summed E-state index contributed by atoms with van der Waals surface area (Å²) in [6, 6.07) is 13.2. The molecule has 3 heteroatoms. The molecule has 19 heavy (non-hydrogen) atoms. The molecule has 0 fully saturated rings. The standard InChI is InChI=1S/C16H21NOS/c1-13(10-16-8-5-9-19-16)17-11-14-6-3-4-7-15(14)12-18-2/h3-9,13,17H,10-12H2,1-2H3. The van der Waals surface area contributed by atoms with E-state index in [-0.39, 0.29) is 0 Å². The van der Waals surface area contributed by atoms with Crippen molar-refractivity contribution < 1.29 is 4.74 Å². The zero-order valence-corrected chi connectivity index (χ0v) is 12.4. The Morgan fingerprint density at radius 1 is 1.16 bits per heavy atom. The molecule has 0 bridgehead atoms. The lowest BCUT2D eigenvalue weighted by Gasteiger charge is -2.15. The average Bonchev–Trinajstić information content (AvgIpc) is 2.91. The van der Waals surface area contributed by atoms with E-state index >= 15 is 0 Å². The molecule has 0 radical (unpaired) electrons. The van der Waals surface area contributed by atoms with Gasteiger partial charge < -0.3 is 10.1 Å². The Hall–Kier alpha value is -1.16. The minimum absolute atomic E-state index is 0.481. The molecule has 1 N–H and O–H groups in total. The maximum atomic E-state index is 5.23. The summed E-state index contributed by atoms with van der Waals surface area (Å²) < 4.78 is 5.23. The molecule has 2 aromatic rings. The van der Waals surface area contributed by atoms with Crippen molar-refractivity contribution >= 4 is 11.3 Å². The maximum absolute atomic E-state index is 5.23. The lowest BCUT2D eigenvalue weighted by atomic mass is 10.1. The van der Waals surface area contributed by atoms with Crippen molar-refractivity contribution in [3.05, 3.63) is 57.8 Å². The van der Waals surface area contributed by atoms with Gasteiger partial charge in [0.1, 0.15) is 0 Å². The van der Waals surface area contributed by atoms with E-state index in [0.717, 1.165) is 13.0 Å². The molecular weight excluding hydrogens is 254 g/mol. The van der Waals surface area contributed by atoms with Crippen molar-refractivity contribution in [2.24, 2.45) is 0 Å². The van der Waals surface area contributed by atoms with Gasteiger partial charge in [0, 0.05) is 24.6 Å². The van der Waals surface area contributed by atoms with Crippen LogP contribution in [0.1, 0.15) is 22.9 Å². The van der Waals surface area contributed by atoms with E-state index in [1.165, 1.54) is 16.0 Å². The van der Waals surface area contributed by atoms with Gasteiger partial charge in [0.25, 0.3) is 0 Å². The van der Waals surface area contributed by atoms with Gasteiger partial charge in [-0.15, -0.1) is 11.3 Å². The molecular formula is C16H21NOS. The van der Waals surface area contributed by atoms with Gasteiger partial charge in [-0.2, -0.15) is 0 Å². The molecule has 1 aromatic carbocycles. The zero-order valence-electron chi connectivity index (χ0n) is 11.6. The summed E-state index contributed by atoms with van der Waals surface area (Å²) >= 11 is 1.82. The van der Waals surface area contributed by atoms with E-state index in [9.17, 15) is 0 Å². The third kappa shape index (κ3) is 4.46. The predicted molar refractivity (Wildman–Crippen MR) is 81.5 cm³/mol. The van der Waals surface area contributed by atoms with Gasteiger partial charge >= 0.3 is 0 Å². The second-order valence-corrected chi connectivity index (χ2v) is 5.80. The van der Waals surface area contributed by atoms with Gasteiger partial charge in [-0.3, -0.25) is 0 Å². The summed E-state index contributed by atoms with van der Waals surface area (Å²) in [6.45, 7) is 3.81. The van der Waals surface area contributed by atoms with Gasteiger partial charge in [-0.05, 0) is 35.9 Å². The van der Waals surface area contributed by atoms with E-state index in [4.69, 9.17) is 4.74 Å². The minimum atomic E-state index is 0.481. The summed E-state index contributed by atoms with van der Waals surface area (Å²) in [7, 11) is 1.74. The van der Waals surface area contributed by atoms with Gasteiger partial charge in [-0.1, -0.05) is 30.3 Å². The second kappa shape index (κ2) is 7.43. The highest BCUT2D eigenvalue weighted by atomic mass is 32.1. The molecule has 0 aliphatic carbocycles. The summed E-state index contributed by atoms with van der Waals surface area (Å²) in [4.78, 5) is 1.44. The number of benzene rings is 1. The topological polar surface area (TPSA) is 21.3 Å². The van der Waals surface area contributed by atoms with Crippen LogP contribution in [-0.4, -0.2) is 13.2 Å². The maximum Gasteiger partial charge on any atom is 0.0716 e. The van der Waals surface area contributed by atoms with Crippen molar-refractivity contribution in [3.63, 3.8) is 0 Å². The van der Waals surface area contributed by atoms with Crippen LogP contribution < -0.4 is 5.32 Å². The summed E-state index contributed by atoms with van der Waals surface area (Å²) in [6.07, 6.45) is 1.09. The average molecular weight is 275 g/mol. The Kier molecular flexibility index (Phi) is 5.58. The Morgan fingerprint density at radius 3 is 2.63 bits per heavy atom. The molecule has 1 unspecified atom stereocenters. The highest BCUT2D eigenvalue weighted by Gasteiger charge is 2.06. The van der Waals surface area contributed by atoms with Crippen molar-refractivity contribution in [2.45, 2.75) is 32.5 Å². The number of ether oxygens (including phenoxy) is 1. The van der Waals surface area contributed by atoms with Crippen LogP contribution in [-0.2, 0) is 24.3 Å². The number of thiophene rings is 1. The number of nitrogens with one attached hydrogen (secondary N) is 1. The molecule has 0 amide bonds. The number of methoxy groups -OCH3 is 1. The largest absolute Gasteiger partial charge is 0.380 e. The first kappa shape index (κ1) is 14.3. The number of hydrogen-bond donors (Lipinski definition) is 1. The fourth-order valence-electron chi connectivity index (χ4n) is 2.11. The number of hydrogen-bond acceptors (Lipinski definition) is 3. The van der Waals surface area contributed by atoms with Gasteiger partial charge in [-0.25, -0.2) is 0 Å². The first-order chi connectivity index (χ1) is 9.29. The third-order valence-corrected chi connectivity index (χ3v) is 4.05. The van der Waals surface area contributed by atoms with Crippen LogP contribution in [0.4, 0.5) is 0 Å². The van der Waals surface area contributed by atoms with E-state index < -0.39 is 0 Å². The van der Waals surface area contributed by atoms with Crippen molar-refractivity contribution in [1.82, 2.24) is 5.32 Å². The molecule has 1 aromatic heterocycles. The van der Waals surface area contributed by atoms with Gasteiger partial charge in [0.05, 0.1) is 6.61 Å². The van der Waals surface area contributed by atoms with Gasteiger partial charge in [0.2, 0.25) is 0 Å². The lowest BCUT2D eigenvalue weighted by Crippen LogP contribution is -2.27. The fourth-order valence-corrected chi connectivity index (χ4v) is 2.95. The highest BCUT2D eigenvalue weighted by Crippen LogP contribution is 2.13. The lowest BCUT2D eigenvalue weighted by molar-refractivity contribution is 0.184. The summed E-state index contributed by atoms with van der Waals surface area (Å²) in [5.74, 6) is 0. The molecule has 0 aliphatic rings. The zero-order chi connectivity index (χ0) is 13.5. The molecule has 102 valence electrons. The van der Waals surface area contributed by atoms with Crippen molar-refractivity contribution in [2.75, 3.05) is 7.11 Å². The SMILES string of the molecule is COCc1ccccc1CNC(C)Cc1cccs1. The molecule has 0 saturated heterocycles. The first-order valence-electron chi connectivity index (χ1n) is 6.61. The van der Waals surface area contributed by atoms with Crippen LogP contribution in [0, 0.1) is 0 Å². The predicted octanol–water partition coefficient (Wildman–Crippen LogP) is 3.62. The third-order valence-electron chi connectivity index (χ3n) is 3.15. The minimum Gasteiger partial charge on any atom is -0.380 e. The van der Waals surface area contributed by atoms with Crippen molar-refractivity contribution in [1.29, 1.82) is 0 Å². The Labute approximate surface area is 119 Å². The van der Waals surface area contributed by atoms with E-state index in [0.29, 0.717) is 12.6 Å². The quantitative estimate of drug-likeness (QED) is 0.833. The Bertz CT molecular complexity index is 481. The van der Waals surface area contributed by atoms with E-state index in [2.05, 4.69) is 54.0 Å². The molecule has 2 rings (SSSR count). The van der Waals surface area contributed by atoms with Crippen LogP contribution >= 0.6 is 11.3 Å². The number of rotatable bonds is 7. The van der Waals surface area contributed by atoms with Crippen LogP contribution in [0.3, 0.4) is 0 Å². The Morgan fingerprint density at radius 2 is 1.95 bits per heavy atom. The fraction of sp³-hybridized carbons (Fsp3) is 0.375.